The fourth-order valence-electron chi connectivity index (χ4n) is 4.26. The van der Waals surface area contributed by atoms with Crippen molar-refractivity contribution in [2.75, 3.05) is 17.1 Å². The first-order chi connectivity index (χ1) is 19.5. The summed E-state index contributed by atoms with van der Waals surface area (Å²) in [5.41, 5.74) is 1.89. The van der Waals surface area contributed by atoms with Crippen LogP contribution in [0.15, 0.2) is 82.6 Å². The average Bonchev–Trinajstić information content (AvgIpc) is 2.97. The maximum atomic E-state index is 14.1. The van der Waals surface area contributed by atoms with Gasteiger partial charge in [0, 0.05) is 17.5 Å². The topological polar surface area (TPSA) is 86.8 Å². The smallest absolute Gasteiger partial charge is 0.264 e. The molecule has 0 saturated heterocycles. The lowest BCUT2D eigenvalue weighted by Crippen LogP contribution is -2.53. The Morgan fingerprint density at radius 2 is 1.54 bits per heavy atom. The van der Waals surface area contributed by atoms with Crippen LogP contribution >= 0.6 is 11.8 Å². The van der Waals surface area contributed by atoms with E-state index < -0.39 is 34.3 Å². The first-order valence-corrected chi connectivity index (χ1v) is 16.2. The standard InChI is InChI=1S/C31H38FN3O4S2/c1-6-23(4)33-31(37)29(7-2)34(20-24-10-12-25(32)13-11-24)30(36)21-35(26-14-8-22(3)9-15-26)41(38,39)28-18-16-27(40-5)17-19-28/h8-19,23,29H,6-7,20-21H2,1-5H3,(H,33,37)/t23-,29-/m0/s1. The molecule has 0 aliphatic carbocycles. The molecule has 0 heterocycles. The van der Waals surface area contributed by atoms with Gasteiger partial charge in [0.1, 0.15) is 18.4 Å². The van der Waals surface area contributed by atoms with Gasteiger partial charge in [0.15, 0.2) is 0 Å². The van der Waals surface area contributed by atoms with Crippen molar-refractivity contribution in [2.45, 2.75) is 69.0 Å². The number of carbonyl (C=O) groups is 2. The van der Waals surface area contributed by atoms with Crippen LogP contribution in [0.25, 0.3) is 0 Å². The molecule has 0 fully saturated rings. The molecular weight excluding hydrogens is 561 g/mol. The Bertz CT molecular complexity index is 1410. The van der Waals surface area contributed by atoms with Gasteiger partial charge in [0.05, 0.1) is 10.6 Å². The van der Waals surface area contributed by atoms with E-state index in [0.717, 1.165) is 14.8 Å². The molecule has 3 aromatic rings. The number of hydrogen-bond acceptors (Lipinski definition) is 5. The molecule has 220 valence electrons. The fourth-order valence-corrected chi connectivity index (χ4v) is 6.08. The van der Waals surface area contributed by atoms with Gasteiger partial charge in [-0.25, -0.2) is 12.8 Å². The van der Waals surface area contributed by atoms with Crippen molar-refractivity contribution in [3.05, 3.63) is 89.7 Å². The van der Waals surface area contributed by atoms with Crippen molar-refractivity contribution in [3.63, 3.8) is 0 Å². The molecule has 0 aliphatic heterocycles. The number of carbonyl (C=O) groups excluding carboxylic acids is 2. The van der Waals surface area contributed by atoms with Gasteiger partial charge in [-0.3, -0.25) is 13.9 Å². The molecule has 3 aromatic carbocycles. The largest absolute Gasteiger partial charge is 0.352 e. The fraction of sp³-hybridized carbons (Fsp3) is 0.355. The van der Waals surface area contributed by atoms with Crippen LogP contribution in [0.1, 0.15) is 44.7 Å². The van der Waals surface area contributed by atoms with Gasteiger partial charge in [0.25, 0.3) is 10.0 Å². The number of sulfonamides is 1. The number of aryl methyl sites for hydroxylation is 1. The summed E-state index contributed by atoms with van der Waals surface area (Å²) in [4.78, 5) is 29.7. The minimum atomic E-state index is -4.15. The summed E-state index contributed by atoms with van der Waals surface area (Å²) in [5, 5.41) is 2.94. The van der Waals surface area contributed by atoms with Crippen LogP contribution in [0.4, 0.5) is 10.1 Å². The van der Waals surface area contributed by atoms with Crippen molar-refractivity contribution < 1.29 is 22.4 Å². The number of anilines is 1. The lowest BCUT2D eigenvalue weighted by Gasteiger charge is -2.33. The van der Waals surface area contributed by atoms with Crippen LogP contribution in [-0.2, 0) is 26.2 Å². The van der Waals surface area contributed by atoms with Crippen LogP contribution in [-0.4, -0.2) is 50.0 Å². The number of hydrogen-bond donors (Lipinski definition) is 1. The summed E-state index contributed by atoms with van der Waals surface area (Å²) in [6.07, 6.45) is 2.92. The number of thioether (sulfide) groups is 1. The number of halogens is 1. The quantitative estimate of drug-likeness (QED) is 0.252. The molecule has 0 radical (unpaired) electrons. The molecule has 41 heavy (non-hydrogen) atoms. The molecule has 3 rings (SSSR count). The molecule has 0 unspecified atom stereocenters. The highest BCUT2D eigenvalue weighted by atomic mass is 32.2. The van der Waals surface area contributed by atoms with E-state index in [4.69, 9.17) is 0 Å². The van der Waals surface area contributed by atoms with E-state index in [1.165, 1.54) is 40.9 Å². The predicted molar refractivity (Wildman–Crippen MR) is 163 cm³/mol. The van der Waals surface area contributed by atoms with E-state index in [1.54, 1.807) is 55.5 Å². The molecule has 10 heteroatoms. The minimum absolute atomic E-state index is 0.00967. The first kappa shape index (κ1) is 32.1. The zero-order valence-corrected chi connectivity index (χ0v) is 25.8. The summed E-state index contributed by atoms with van der Waals surface area (Å²) < 4.78 is 42.6. The third-order valence-electron chi connectivity index (χ3n) is 6.90. The van der Waals surface area contributed by atoms with Gasteiger partial charge in [-0.1, -0.05) is 43.7 Å². The molecule has 2 amide bonds. The van der Waals surface area contributed by atoms with Gasteiger partial charge >= 0.3 is 0 Å². The van der Waals surface area contributed by atoms with E-state index in [9.17, 15) is 22.4 Å². The van der Waals surface area contributed by atoms with E-state index in [2.05, 4.69) is 5.32 Å². The van der Waals surface area contributed by atoms with Crippen molar-refractivity contribution in [3.8, 4) is 0 Å². The number of rotatable bonds is 13. The Morgan fingerprint density at radius 1 is 0.927 bits per heavy atom. The highest BCUT2D eigenvalue weighted by Gasteiger charge is 2.34. The predicted octanol–water partition coefficient (Wildman–Crippen LogP) is 5.77. The summed E-state index contributed by atoms with van der Waals surface area (Å²) in [6, 6.07) is 18.1. The number of nitrogens with one attached hydrogen (secondary N) is 1. The highest BCUT2D eigenvalue weighted by molar-refractivity contribution is 7.98. The maximum absolute atomic E-state index is 14.1. The molecule has 2 atom stereocenters. The summed E-state index contributed by atoms with van der Waals surface area (Å²) in [7, 11) is -4.15. The average molecular weight is 600 g/mol. The Morgan fingerprint density at radius 3 is 2.07 bits per heavy atom. The van der Waals surface area contributed by atoms with Gasteiger partial charge in [0.2, 0.25) is 11.8 Å². The van der Waals surface area contributed by atoms with Crippen LogP contribution in [0.2, 0.25) is 0 Å². The van der Waals surface area contributed by atoms with E-state index in [0.29, 0.717) is 24.1 Å². The molecule has 1 N–H and O–H groups in total. The molecule has 0 bridgehead atoms. The van der Waals surface area contributed by atoms with Gasteiger partial charge < -0.3 is 10.2 Å². The second-order valence-corrected chi connectivity index (χ2v) is 12.7. The molecule has 0 spiro atoms. The first-order valence-electron chi connectivity index (χ1n) is 13.6. The second kappa shape index (κ2) is 14.5. The van der Waals surface area contributed by atoms with Crippen molar-refractivity contribution in [1.29, 1.82) is 0 Å². The Hall–Kier alpha value is -3.37. The maximum Gasteiger partial charge on any atom is 0.264 e. The molecular formula is C31H38FN3O4S2. The van der Waals surface area contributed by atoms with Crippen LogP contribution in [0.5, 0.6) is 0 Å². The Kier molecular flexibility index (Phi) is 11.4. The minimum Gasteiger partial charge on any atom is -0.352 e. The zero-order valence-electron chi connectivity index (χ0n) is 24.1. The summed E-state index contributed by atoms with van der Waals surface area (Å²) >= 11 is 1.49. The normalized spacial score (nSPS) is 12.8. The van der Waals surface area contributed by atoms with Crippen molar-refractivity contribution in [1.82, 2.24) is 10.2 Å². The van der Waals surface area contributed by atoms with E-state index in [-0.39, 0.29) is 23.4 Å². The Balaban J connectivity index is 2.05. The molecule has 0 aliphatic rings. The molecule has 0 saturated carbocycles. The van der Waals surface area contributed by atoms with Crippen molar-refractivity contribution in [2.24, 2.45) is 0 Å². The Labute approximate surface area is 247 Å². The van der Waals surface area contributed by atoms with E-state index >= 15 is 0 Å². The van der Waals surface area contributed by atoms with Gasteiger partial charge in [-0.2, -0.15) is 0 Å². The van der Waals surface area contributed by atoms with E-state index in [1.807, 2.05) is 27.0 Å². The third kappa shape index (κ3) is 8.33. The number of nitrogens with zero attached hydrogens (tertiary/aromatic N) is 2. The lowest BCUT2D eigenvalue weighted by atomic mass is 10.1. The number of benzene rings is 3. The number of amides is 2. The second-order valence-electron chi connectivity index (χ2n) is 9.91. The molecule has 7 nitrogen and oxygen atoms in total. The van der Waals surface area contributed by atoms with Crippen LogP contribution in [0.3, 0.4) is 0 Å². The SMILES string of the molecule is CC[C@H](C)NC(=O)[C@H](CC)N(Cc1ccc(F)cc1)C(=O)CN(c1ccc(C)cc1)S(=O)(=O)c1ccc(SC)cc1. The highest BCUT2D eigenvalue weighted by Crippen LogP contribution is 2.27. The van der Waals surface area contributed by atoms with Crippen LogP contribution in [0, 0.1) is 12.7 Å². The summed E-state index contributed by atoms with van der Waals surface area (Å²) in [6.45, 7) is 7.00. The third-order valence-corrected chi connectivity index (χ3v) is 9.43. The lowest BCUT2D eigenvalue weighted by molar-refractivity contribution is -0.140. The zero-order chi connectivity index (χ0) is 30.2. The van der Waals surface area contributed by atoms with Gasteiger partial charge in [-0.15, -0.1) is 11.8 Å². The van der Waals surface area contributed by atoms with Crippen molar-refractivity contribution >= 4 is 39.3 Å². The van der Waals surface area contributed by atoms with Crippen LogP contribution < -0.4 is 9.62 Å². The monoisotopic (exact) mass is 599 g/mol. The van der Waals surface area contributed by atoms with Gasteiger partial charge in [-0.05, 0) is 87.0 Å². The molecule has 0 aromatic heterocycles. The summed E-state index contributed by atoms with van der Waals surface area (Å²) in [5.74, 6) is -1.29.